The molecule has 2 N–H and O–H groups in total. The molecule has 0 bridgehead atoms. The maximum Gasteiger partial charge on any atom is 0.289 e. The number of amides is 2. The molecule has 0 radical (unpaired) electrons. The summed E-state index contributed by atoms with van der Waals surface area (Å²) in [6.45, 7) is 2.48. The number of nitrogens with zero attached hydrogens (tertiary/aromatic N) is 1. The van der Waals surface area contributed by atoms with Crippen LogP contribution >= 0.6 is 11.6 Å². The summed E-state index contributed by atoms with van der Waals surface area (Å²) < 4.78 is 39.9. The first-order valence-corrected chi connectivity index (χ1v) is 17.0. The molecule has 252 valence electrons. The fourth-order valence-corrected chi connectivity index (χ4v) is 6.22. The average molecular weight is 702 g/mol. The molecule has 0 fully saturated rings. The smallest absolute Gasteiger partial charge is 0.289 e. The Morgan fingerprint density at radius 2 is 1.53 bits per heavy atom. The van der Waals surface area contributed by atoms with Crippen molar-refractivity contribution >= 4 is 49.9 Å². The highest BCUT2D eigenvalue weighted by Crippen LogP contribution is 2.27. The van der Waals surface area contributed by atoms with E-state index in [2.05, 4.69) is 5.32 Å². The van der Waals surface area contributed by atoms with Crippen LogP contribution in [0.25, 0.3) is 10.8 Å². The van der Waals surface area contributed by atoms with Crippen LogP contribution in [0.15, 0.2) is 114 Å². The Bertz CT molecular complexity index is 2080. The average Bonchev–Trinajstić information content (AvgIpc) is 3.08. The highest BCUT2D eigenvalue weighted by Gasteiger charge is 2.28. The van der Waals surface area contributed by atoms with Crippen molar-refractivity contribution in [1.82, 2.24) is 10.0 Å². The van der Waals surface area contributed by atoms with E-state index >= 15 is 0 Å². The lowest BCUT2D eigenvalue weighted by molar-refractivity contribution is -0.384. The van der Waals surface area contributed by atoms with Crippen LogP contribution in [0.2, 0.25) is 5.02 Å². The molecule has 2 amide bonds. The predicted octanol–water partition coefficient (Wildman–Crippen LogP) is 5.94. The molecule has 1 atom stereocenters. The van der Waals surface area contributed by atoms with Gasteiger partial charge in [0, 0.05) is 17.9 Å². The van der Waals surface area contributed by atoms with Crippen LogP contribution in [0.3, 0.4) is 0 Å². The van der Waals surface area contributed by atoms with E-state index in [1.165, 1.54) is 0 Å². The summed E-state index contributed by atoms with van der Waals surface area (Å²) in [4.78, 5) is 36.3. The monoisotopic (exact) mass is 701 g/mol. The molecule has 49 heavy (non-hydrogen) atoms. The number of benzene rings is 5. The topological polar surface area (TPSA) is 154 Å². The Kier molecular flexibility index (Phi) is 11.1. The van der Waals surface area contributed by atoms with Crippen molar-refractivity contribution < 1.29 is 32.4 Å². The van der Waals surface area contributed by atoms with Crippen molar-refractivity contribution in [3.63, 3.8) is 0 Å². The van der Waals surface area contributed by atoms with Gasteiger partial charge in [-0.2, -0.15) is 0 Å². The van der Waals surface area contributed by atoms with Gasteiger partial charge in [0.1, 0.15) is 35.8 Å². The molecule has 0 aliphatic rings. The fourth-order valence-electron chi connectivity index (χ4n) is 5.00. The molecule has 0 unspecified atom stereocenters. The molecule has 11 nitrogen and oxygen atoms in total. The number of carbonyl (C=O) groups is 2. The summed E-state index contributed by atoms with van der Waals surface area (Å²) >= 11 is 5.82. The number of carbonyl (C=O) groups excluding carboxylic acids is 2. The van der Waals surface area contributed by atoms with Gasteiger partial charge in [0.25, 0.3) is 21.6 Å². The summed E-state index contributed by atoms with van der Waals surface area (Å²) in [5.74, 6) is -0.237. The maximum absolute atomic E-state index is 13.4. The van der Waals surface area contributed by atoms with E-state index in [9.17, 15) is 28.1 Å². The largest absolute Gasteiger partial charge is 0.490 e. The van der Waals surface area contributed by atoms with E-state index in [0.717, 1.165) is 40.3 Å². The Morgan fingerprint density at radius 3 is 2.27 bits per heavy atom. The summed E-state index contributed by atoms with van der Waals surface area (Å²) in [6, 6.07) is 29.3. The van der Waals surface area contributed by atoms with Gasteiger partial charge in [0.2, 0.25) is 5.91 Å². The highest BCUT2D eigenvalue weighted by atomic mass is 35.5. The Morgan fingerprint density at radius 1 is 0.857 bits per heavy atom. The van der Waals surface area contributed by atoms with E-state index in [0.29, 0.717) is 23.5 Å². The van der Waals surface area contributed by atoms with Crippen LogP contribution in [0.4, 0.5) is 5.69 Å². The van der Waals surface area contributed by atoms with Crippen LogP contribution in [0, 0.1) is 17.0 Å². The van der Waals surface area contributed by atoms with Crippen LogP contribution < -0.4 is 19.5 Å². The highest BCUT2D eigenvalue weighted by molar-refractivity contribution is 7.90. The number of nitro benzene ring substituents is 1. The lowest BCUT2D eigenvalue weighted by atomic mass is 10.0. The summed E-state index contributed by atoms with van der Waals surface area (Å²) in [5.41, 5.74) is 1.69. The zero-order valence-corrected chi connectivity index (χ0v) is 27.9. The summed E-state index contributed by atoms with van der Waals surface area (Å²) in [5, 5.41) is 15.7. The molecule has 0 saturated carbocycles. The number of rotatable bonds is 14. The molecular weight excluding hydrogens is 670 g/mol. The molecule has 0 aliphatic carbocycles. The first-order valence-electron chi connectivity index (χ1n) is 15.2. The van der Waals surface area contributed by atoms with Crippen molar-refractivity contribution in [3.05, 3.63) is 141 Å². The first-order chi connectivity index (χ1) is 23.5. The van der Waals surface area contributed by atoms with Crippen molar-refractivity contribution in [3.8, 4) is 11.5 Å². The first kappa shape index (κ1) is 34.9. The molecule has 0 aliphatic heterocycles. The second kappa shape index (κ2) is 15.6. The number of sulfonamides is 1. The van der Waals surface area contributed by atoms with Gasteiger partial charge in [0.05, 0.1) is 16.2 Å². The molecule has 5 aromatic carbocycles. The molecule has 0 aromatic heterocycles. The molecule has 0 heterocycles. The van der Waals surface area contributed by atoms with E-state index in [-0.39, 0.29) is 24.5 Å². The molecular formula is C36H32ClN3O8S. The second-order valence-electron chi connectivity index (χ2n) is 11.1. The van der Waals surface area contributed by atoms with E-state index in [1.54, 1.807) is 36.4 Å². The molecule has 0 saturated heterocycles. The molecule has 5 aromatic rings. The molecule has 13 heteroatoms. The van der Waals surface area contributed by atoms with Crippen molar-refractivity contribution in [2.75, 3.05) is 13.2 Å². The lowest BCUT2D eigenvalue weighted by Crippen LogP contribution is -2.49. The zero-order valence-electron chi connectivity index (χ0n) is 26.3. The van der Waals surface area contributed by atoms with E-state index < -0.39 is 43.4 Å². The van der Waals surface area contributed by atoms with Crippen LogP contribution in [-0.2, 0) is 32.5 Å². The minimum Gasteiger partial charge on any atom is -0.490 e. The Hall–Kier alpha value is -5.46. The third-order valence-electron chi connectivity index (χ3n) is 7.52. The molecule has 0 spiro atoms. The minimum atomic E-state index is -4.57. The van der Waals surface area contributed by atoms with Crippen LogP contribution in [-0.4, -0.2) is 44.4 Å². The van der Waals surface area contributed by atoms with Gasteiger partial charge in [-0.25, -0.2) is 13.1 Å². The maximum atomic E-state index is 13.4. The number of aryl methyl sites for hydroxylation is 1. The van der Waals surface area contributed by atoms with Crippen molar-refractivity contribution in [2.24, 2.45) is 0 Å². The summed E-state index contributed by atoms with van der Waals surface area (Å²) in [7, 11) is -4.57. The number of nitrogens with one attached hydrogen (secondary N) is 2. The van der Waals surface area contributed by atoms with Gasteiger partial charge < -0.3 is 14.8 Å². The van der Waals surface area contributed by atoms with Gasteiger partial charge >= 0.3 is 0 Å². The van der Waals surface area contributed by atoms with Crippen molar-refractivity contribution in [2.45, 2.75) is 30.7 Å². The van der Waals surface area contributed by atoms with Gasteiger partial charge in [0.15, 0.2) is 0 Å². The minimum absolute atomic E-state index is 0.0478. The van der Waals surface area contributed by atoms with Gasteiger partial charge in [-0.1, -0.05) is 90.0 Å². The normalized spacial score (nSPS) is 11.8. The number of hydrogen-bond acceptors (Lipinski definition) is 8. The Labute approximate surface area is 288 Å². The standard InChI is InChI=1S/C36H32ClN3O8S/c1-24-9-11-26(12-10-24)22-35(41)38-32(36(42)39-49(45,46)29-17-18-31(37)33(23-29)40(43)44)21-25-13-15-28(16-14-25)47-19-20-48-34-8-4-6-27-5-2-3-7-30(27)34/h2-18,23,32H,19-22H2,1H3,(H,38,41)(H,39,42)/t32-/m0/s1. The number of fused-ring (bicyclic) bond motifs is 1. The van der Waals surface area contributed by atoms with Crippen molar-refractivity contribution in [1.29, 1.82) is 0 Å². The number of nitro groups is 1. The zero-order chi connectivity index (χ0) is 35.0. The number of halogens is 1. The fraction of sp³-hybridized carbons (Fsp3) is 0.167. The van der Waals surface area contributed by atoms with E-state index in [4.69, 9.17) is 21.1 Å². The third kappa shape index (κ3) is 9.34. The number of hydrogen-bond donors (Lipinski definition) is 2. The SMILES string of the molecule is Cc1ccc(CC(=O)N[C@@H](Cc2ccc(OCCOc3cccc4ccccc34)cc2)C(=O)NS(=O)(=O)c2ccc(Cl)c([N+](=O)[O-])c2)cc1. The second-order valence-corrected chi connectivity index (χ2v) is 13.2. The third-order valence-corrected chi connectivity index (χ3v) is 9.18. The predicted molar refractivity (Wildman–Crippen MR) is 185 cm³/mol. The quantitative estimate of drug-likeness (QED) is 0.0819. The molecule has 5 rings (SSSR count). The van der Waals surface area contributed by atoms with Gasteiger partial charge in [-0.15, -0.1) is 0 Å². The van der Waals surface area contributed by atoms with Crippen LogP contribution in [0.1, 0.15) is 16.7 Å². The Balaban J connectivity index is 1.25. The number of ether oxygens (including phenoxy) is 2. The lowest BCUT2D eigenvalue weighted by Gasteiger charge is -2.19. The van der Waals surface area contributed by atoms with E-state index in [1.807, 2.05) is 66.2 Å². The van der Waals surface area contributed by atoms with Crippen LogP contribution in [0.5, 0.6) is 11.5 Å². The summed E-state index contributed by atoms with van der Waals surface area (Å²) in [6.07, 6.45) is -0.111. The van der Waals surface area contributed by atoms with Gasteiger partial charge in [-0.3, -0.25) is 19.7 Å². The van der Waals surface area contributed by atoms with Gasteiger partial charge in [-0.05, 0) is 53.8 Å².